The van der Waals surface area contributed by atoms with E-state index in [0.29, 0.717) is 25.7 Å². The Balaban J connectivity index is 1.35. The highest BCUT2D eigenvalue weighted by Gasteiger charge is 2.44. The average Bonchev–Trinajstić information content (AvgIpc) is 3.49. The van der Waals surface area contributed by atoms with Crippen molar-refractivity contribution in [3.05, 3.63) is 58.6 Å². The molecule has 0 aliphatic carbocycles. The van der Waals surface area contributed by atoms with E-state index in [9.17, 15) is 19.2 Å². The maximum atomic E-state index is 13.9. The summed E-state index contributed by atoms with van der Waals surface area (Å²) in [6, 6.07) is 11.4. The number of benzene rings is 2. The molecule has 0 bridgehead atoms. The molecule has 3 N–H and O–H groups in total. The first-order valence-electron chi connectivity index (χ1n) is 13.4. The summed E-state index contributed by atoms with van der Waals surface area (Å²) in [5, 5.41) is 9.40. The maximum absolute atomic E-state index is 13.9. The van der Waals surface area contributed by atoms with Gasteiger partial charge in [0.2, 0.25) is 23.6 Å². The zero-order valence-electron chi connectivity index (χ0n) is 22.3. The van der Waals surface area contributed by atoms with Crippen LogP contribution in [-0.4, -0.2) is 46.7 Å². The number of carbonyl (C=O) groups is 4. The maximum Gasteiger partial charge on any atom is 0.250 e. The van der Waals surface area contributed by atoms with Crippen LogP contribution in [-0.2, 0) is 38.6 Å². The lowest BCUT2D eigenvalue weighted by atomic mass is 9.97. The Morgan fingerprint density at radius 3 is 2.64 bits per heavy atom. The quantitative estimate of drug-likeness (QED) is 0.401. The van der Waals surface area contributed by atoms with Crippen LogP contribution in [0.2, 0.25) is 0 Å². The van der Waals surface area contributed by atoms with E-state index in [1.165, 1.54) is 18.3 Å². The van der Waals surface area contributed by atoms with E-state index >= 15 is 0 Å². The summed E-state index contributed by atoms with van der Waals surface area (Å²) in [5.74, 6) is -1.36. The van der Waals surface area contributed by atoms with Crippen LogP contribution >= 0.6 is 11.3 Å². The zero-order chi connectivity index (χ0) is 27.7. The average molecular weight is 548 g/mol. The van der Waals surface area contributed by atoms with Gasteiger partial charge in [-0.05, 0) is 42.0 Å². The van der Waals surface area contributed by atoms with Gasteiger partial charge in [0.25, 0.3) is 0 Å². The molecule has 204 valence electrons. The number of aryl methyl sites for hydroxylation is 1. The van der Waals surface area contributed by atoms with Crippen LogP contribution in [0.1, 0.15) is 49.7 Å². The summed E-state index contributed by atoms with van der Waals surface area (Å²) in [7, 11) is 0. The van der Waals surface area contributed by atoms with Crippen LogP contribution in [0.5, 0.6) is 0 Å². The first-order chi connectivity index (χ1) is 18.8. The predicted octanol–water partition coefficient (Wildman–Crippen LogP) is 2.85. The number of fused-ring (bicyclic) bond motifs is 1. The van der Waals surface area contributed by atoms with Crippen molar-refractivity contribution in [1.29, 1.82) is 0 Å². The van der Waals surface area contributed by atoms with Crippen molar-refractivity contribution in [2.24, 2.45) is 5.92 Å². The van der Waals surface area contributed by atoms with Crippen LogP contribution < -0.4 is 20.9 Å². The summed E-state index contributed by atoms with van der Waals surface area (Å²) in [4.78, 5) is 58.6. The molecule has 0 saturated heterocycles. The molecule has 5 rings (SSSR count). The molecule has 9 nitrogen and oxygen atoms in total. The van der Waals surface area contributed by atoms with E-state index in [4.69, 9.17) is 0 Å². The summed E-state index contributed by atoms with van der Waals surface area (Å²) in [6.45, 7) is 5.49. The van der Waals surface area contributed by atoms with Crippen LogP contribution in [0.25, 0.3) is 10.2 Å². The molecule has 3 aromatic rings. The number of carbonyl (C=O) groups excluding carboxylic acids is 4. The molecule has 0 spiro atoms. The highest BCUT2D eigenvalue weighted by molar-refractivity contribution is 7.18. The van der Waals surface area contributed by atoms with Crippen LogP contribution in [0.15, 0.2) is 42.5 Å². The molecular formula is C29H33N5O4S. The zero-order valence-corrected chi connectivity index (χ0v) is 23.1. The number of nitrogens with one attached hydrogen (secondary N) is 3. The van der Waals surface area contributed by atoms with Gasteiger partial charge in [-0.3, -0.25) is 24.1 Å². The van der Waals surface area contributed by atoms with Crippen molar-refractivity contribution in [1.82, 2.24) is 20.9 Å². The van der Waals surface area contributed by atoms with E-state index < -0.39 is 18.1 Å². The molecule has 3 heterocycles. The largest absolute Gasteiger partial charge is 0.348 e. The lowest BCUT2D eigenvalue weighted by Crippen LogP contribution is -2.58. The second kappa shape index (κ2) is 11.1. The third kappa shape index (κ3) is 5.38. The van der Waals surface area contributed by atoms with Gasteiger partial charge < -0.3 is 16.0 Å². The molecule has 2 aromatic carbocycles. The monoisotopic (exact) mass is 547 g/mol. The number of nitrogens with zero attached hydrogens (tertiary/aromatic N) is 2. The lowest BCUT2D eigenvalue weighted by molar-refractivity contribution is -0.132. The lowest BCUT2D eigenvalue weighted by Gasteiger charge is -2.29. The Bertz CT molecular complexity index is 1400. The van der Waals surface area contributed by atoms with Crippen molar-refractivity contribution < 1.29 is 19.2 Å². The first kappa shape index (κ1) is 26.8. The number of thiazole rings is 1. The predicted molar refractivity (Wildman–Crippen MR) is 150 cm³/mol. The molecule has 0 fully saturated rings. The van der Waals surface area contributed by atoms with Gasteiger partial charge in [0.05, 0.1) is 22.4 Å². The van der Waals surface area contributed by atoms with Gasteiger partial charge in [0, 0.05) is 13.3 Å². The Labute approximate surface area is 231 Å². The van der Waals surface area contributed by atoms with Crippen molar-refractivity contribution in [2.45, 2.75) is 71.1 Å². The first-order valence-corrected chi connectivity index (χ1v) is 14.2. The minimum absolute atomic E-state index is 0.105. The molecular weight excluding hydrogens is 514 g/mol. The third-order valence-electron chi connectivity index (χ3n) is 7.63. The fraction of sp³-hybridized carbons (Fsp3) is 0.414. The highest BCUT2D eigenvalue weighted by atomic mass is 32.1. The van der Waals surface area contributed by atoms with Gasteiger partial charge >= 0.3 is 0 Å². The number of anilines is 1. The fourth-order valence-corrected chi connectivity index (χ4v) is 6.34. The minimum atomic E-state index is -0.810. The van der Waals surface area contributed by atoms with Crippen molar-refractivity contribution in [3.8, 4) is 0 Å². The van der Waals surface area contributed by atoms with Crippen LogP contribution in [0.4, 0.5) is 5.69 Å². The van der Waals surface area contributed by atoms with Crippen molar-refractivity contribution >= 4 is 50.9 Å². The van der Waals surface area contributed by atoms with Crippen molar-refractivity contribution in [2.75, 3.05) is 4.90 Å². The second-order valence-corrected chi connectivity index (χ2v) is 11.4. The van der Waals surface area contributed by atoms with Gasteiger partial charge in [0.15, 0.2) is 0 Å². The third-order valence-corrected chi connectivity index (χ3v) is 8.67. The van der Waals surface area contributed by atoms with Gasteiger partial charge in [-0.2, -0.15) is 0 Å². The van der Waals surface area contributed by atoms with Gasteiger partial charge in [-0.1, -0.05) is 50.6 Å². The Kier molecular flexibility index (Phi) is 7.65. The van der Waals surface area contributed by atoms with E-state index in [0.717, 1.165) is 32.0 Å². The Hall–Kier alpha value is -3.79. The van der Waals surface area contributed by atoms with Gasteiger partial charge in [-0.25, -0.2) is 4.98 Å². The van der Waals surface area contributed by atoms with Gasteiger partial charge in [0.1, 0.15) is 23.1 Å². The summed E-state index contributed by atoms with van der Waals surface area (Å²) < 4.78 is 1.05. The molecule has 4 amide bonds. The number of amides is 4. The van der Waals surface area contributed by atoms with E-state index in [1.807, 2.05) is 56.3 Å². The standard InChI is InChI=1S/C29H33N5O4S/c1-4-16(2)25(31-17(3)35)28(37)33-21-13-12-18-8-7-9-19-14-22(34(26(18)19)29(21)38)27(36)30-15-24-32-20-10-5-6-11-23(20)39-24/h5-11,16,21-22,25H,4,12-15H2,1-3H3,(H,30,36)(H,31,35)(H,33,37)/t16-,21-,22-,25-/m0/s1. The molecule has 0 radical (unpaired) electrons. The number of hydrogen-bond acceptors (Lipinski definition) is 6. The summed E-state index contributed by atoms with van der Waals surface area (Å²) in [5.41, 5.74) is 3.60. The number of aromatic nitrogens is 1. The summed E-state index contributed by atoms with van der Waals surface area (Å²) >= 11 is 1.53. The van der Waals surface area contributed by atoms with Gasteiger partial charge in [-0.15, -0.1) is 11.3 Å². The normalized spacial score (nSPS) is 19.7. The molecule has 2 aliphatic rings. The fourth-order valence-electron chi connectivity index (χ4n) is 5.43. The van der Waals surface area contributed by atoms with Crippen LogP contribution in [0, 0.1) is 5.92 Å². The number of rotatable bonds is 8. The Morgan fingerprint density at radius 2 is 1.90 bits per heavy atom. The number of hydrogen-bond donors (Lipinski definition) is 3. The van der Waals surface area contributed by atoms with Crippen molar-refractivity contribution in [3.63, 3.8) is 0 Å². The Morgan fingerprint density at radius 1 is 1.13 bits per heavy atom. The molecule has 2 aliphatic heterocycles. The SMILES string of the molecule is CC[C@H](C)[C@H](NC(C)=O)C(=O)N[C@H]1CCc2cccc3c2N(C1=O)[C@H](C(=O)NCc1nc2ccccc2s1)C3. The second-order valence-electron chi connectivity index (χ2n) is 10.3. The van der Waals surface area contributed by atoms with Crippen LogP contribution in [0.3, 0.4) is 0 Å². The summed E-state index contributed by atoms with van der Waals surface area (Å²) in [6.07, 6.45) is 2.09. The highest BCUT2D eigenvalue weighted by Crippen LogP contribution is 2.39. The van der Waals surface area contributed by atoms with E-state index in [-0.39, 0.29) is 36.1 Å². The smallest absolute Gasteiger partial charge is 0.250 e. The molecule has 0 saturated carbocycles. The molecule has 1 aromatic heterocycles. The number of para-hydroxylation sites is 2. The van der Waals surface area contributed by atoms with E-state index in [2.05, 4.69) is 20.9 Å². The molecule has 10 heteroatoms. The molecule has 39 heavy (non-hydrogen) atoms. The molecule has 4 atom stereocenters. The minimum Gasteiger partial charge on any atom is -0.348 e. The van der Waals surface area contributed by atoms with E-state index in [1.54, 1.807) is 4.90 Å². The topological polar surface area (TPSA) is 121 Å². The molecule has 0 unspecified atom stereocenters.